The first-order chi connectivity index (χ1) is 9.20. The summed E-state index contributed by atoms with van der Waals surface area (Å²) >= 11 is 3.52. The standard InChI is InChI=1S/C16H18BrNO/c1-3-19-16-7-5-4-6-15(16)18-11-13-8-9-14(17)12(2)10-13/h4-10,18H,3,11H2,1-2H3. The van der Waals surface area contributed by atoms with Crippen LogP contribution in [0.2, 0.25) is 0 Å². The Bertz CT molecular complexity index is 554. The van der Waals surface area contributed by atoms with E-state index in [0.29, 0.717) is 6.61 Å². The number of halogens is 1. The zero-order valence-electron chi connectivity index (χ0n) is 11.2. The number of ether oxygens (including phenoxy) is 1. The molecule has 3 heteroatoms. The van der Waals surface area contributed by atoms with E-state index in [1.807, 2.05) is 31.2 Å². The second-order valence-electron chi connectivity index (χ2n) is 4.37. The minimum Gasteiger partial charge on any atom is -0.492 e. The molecule has 2 nitrogen and oxygen atoms in total. The molecule has 0 spiro atoms. The molecule has 0 aliphatic rings. The number of para-hydroxylation sites is 2. The molecule has 0 saturated heterocycles. The monoisotopic (exact) mass is 319 g/mol. The maximum atomic E-state index is 5.60. The van der Waals surface area contributed by atoms with E-state index in [1.165, 1.54) is 11.1 Å². The summed E-state index contributed by atoms with van der Waals surface area (Å²) in [4.78, 5) is 0. The zero-order chi connectivity index (χ0) is 13.7. The Balaban J connectivity index is 2.07. The van der Waals surface area contributed by atoms with Crippen LogP contribution in [0.5, 0.6) is 5.75 Å². The first-order valence-corrected chi connectivity index (χ1v) is 7.20. The van der Waals surface area contributed by atoms with Crippen molar-refractivity contribution in [2.24, 2.45) is 0 Å². The summed E-state index contributed by atoms with van der Waals surface area (Å²) in [5.74, 6) is 0.902. The Labute approximate surface area is 122 Å². The molecular weight excluding hydrogens is 302 g/mol. The van der Waals surface area contributed by atoms with Gasteiger partial charge in [0.05, 0.1) is 12.3 Å². The molecule has 19 heavy (non-hydrogen) atoms. The molecule has 0 saturated carbocycles. The van der Waals surface area contributed by atoms with Crippen molar-refractivity contribution in [2.45, 2.75) is 20.4 Å². The minimum atomic E-state index is 0.677. The van der Waals surface area contributed by atoms with Gasteiger partial charge in [-0.15, -0.1) is 0 Å². The predicted octanol–water partition coefficient (Wildman–Crippen LogP) is 4.77. The summed E-state index contributed by atoms with van der Waals surface area (Å²) in [6.07, 6.45) is 0. The van der Waals surface area contributed by atoms with E-state index in [4.69, 9.17) is 4.74 Å². The first-order valence-electron chi connectivity index (χ1n) is 6.41. The lowest BCUT2D eigenvalue weighted by Gasteiger charge is -2.12. The van der Waals surface area contributed by atoms with E-state index in [9.17, 15) is 0 Å². The summed E-state index contributed by atoms with van der Waals surface area (Å²) in [5, 5.41) is 3.42. The Morgan fingerprint density at radius 1 is 1.16 bits per heavy atom. The van der Waals surface area contributed by atoms with Gasteiger partial charge in [-0.25, -0.2) is 0 Å². The Kier molecular flexibility index (Phi) is 4.86. The number of benzene rings is 2. The maximum Gasteiger partial charge on any atom is 0.142 e. The van der Waals surface area contributed by atoms with Crippen LogP contribution in [0, 0.1) is 6.92 Å². The van der Waals surface area contributed by atoms with Gasteiger partial charge >= 0.3 is 0 Å². The molecule has 0 bridgehead atoms. The van der Waals surface area contributed by atoms with Crippen molar-refractivity contribution in [1.29, 1.82) is 0 Å². The van der Waals surface area contributed by atoms with E-state index in [-0.39, 0.29) is 0 Å². The van der Waals surface area contributed by atoms with Crippen molar-refractivity contribution in [3.05, 3.63) is 58.1 Å². The van der Waals surface area contributed by atoms with Gasteiger partial charge in [0.1, 0.15) is 5.75 Å². The molecule has 0 aliphatic heterocycles. The highest BCUT2D eigenvalue weighted by atomic mass is 79.9. The highest BCUT2D eigenvalue weighted by Crippen LogP contribution is 2.25. The molecule has 2 aromatic carbocycles. The smallest absolute Gasteiger partial charge is 0.142 e. The molecule has 0 fully saturated rings. The number of rotatable bonds is 5. The summed E-state index contributed by atoms with van der Waals surface area (Å²) in [7, 11) is 0. The summed E-state index contributed by atoms with van der Waals surface area (Å²) in [6.45, 7) is 5.56. The molecule has 0 aromatic heterocycles. The van der Waals surface area contributed by atoms with Crippen LogP contribution in [0.25, 0.3) is 0 Å². The summed E-state index contributed by atoms with van der Waals surface area (Å²) < 4.78 is 6.74. The van der Waals surface area contributed by atoms with Crippen molar-refractivity contribution in [3.63, 3.8) is 0 Å². The van der Waals surface area contributed by atoms with E-state index in [2.05, 4.69) is 46.4 Å². The highest BCUT2D eigenvalue weighted by Gasteiger charge is 2.02. The average molecular weight is 320 g/mol. The molecule has 0 atom stereocenters. The number of hydrogen-bond acceptors (Lipinski definition) is 2. The number of nitrogens with one attached hydrogen (secondary N) is 1. The fraction of sp³-hybridized carbons (Fsp3) is 0.250. The van der Waals surface area contributed by atoms with Crippen LogP contribution in [-0.4, -0.2) is 6.61 Å². The van der Waals surface area contributed by atoms with Gasteiger partial charge in [-0.3, -0.25) is 0 Å². The van der Waals surface area contributed by atoms with E-state index in [0.717, 1.165) is 22.5 Å². The van der Waals surface area contributed by atoms with Crippen LogP contribution in [-0.2, 0) is 6.54 Å². The summed E-state index contributed by atoms with van der Waals surface area (Å²) in [6, 6.07) is 14.4. The molecule has 0 radical (unpaired) electrons. The zero-order valence-corrected chi connectivity index (χ0v) is 12.8. The first kappa shape index (κ1) is 13.9. The van der Waals surface area contributed by atoms with Crippen molar-refractivity contribution in [2.75, 3.05) is 11.9 Å². The predicted molar refractivity (Wildman–Crippen MR) is 83.8 cm³/mol. The van der Waals surface area contributed by atoms with E-state index < -0.39 is 0 Å². The molecule has 0 amide bonds. The van der Waals surface area contributed by atoms with Crippen LogP contribution in [0.3, 0.4) is 0 Å². The molecule has 2 rings (SSSR count). The molecular formula is C16H18BrNO. The van der Waals surface area contributed by atoms with Gasteiger partial charge in [0.15, 0.2) is 0 Å². The Morgan fingerprint density at radius 3 is 2.68 bits per heavy atom. The molecule has 100 valence electrons. The van der Waals surface area contributed by atoms with E-state index in [1.54, 1.807) is 0 Å². The van der Waals surface area contributed by atoms with Gasteiger partial charge in [-0.1, -0.05) is 40.2 Å². The molecule has 0 unspecified atom stereocenters. The quantitative estimate of drug-likeness (QED) is 0.857. The number of hydrogen-bond donors (Lipinski definition) is 1. The Hall–Kier alpha value is -1.48. The van der Waals surface area contributed by atoms with Crippen LogP contribution < -0.4 is 10.1 Å². The van der Waals surface area contributed by atoms with Crippen LogP contribution in [0.4, 0.5) is 5.69 Å². The third-order valence-corrected chi connectivity index (χ3v) is 3.78. The third kappa shape index (κ3) is 3.74. The van der Waals surface area contributed by atoms with Crippen LogP contribution >= 0.6 is 15.9 Å². The topological polar surface area (TPSA) is 21.3 Å². The lowest BCUT2D eigenvalue weighted by atomic mass is 10.1. The summed E-state index contributed by atoms with van der Waals surface area (Å²) in [5.41, 5.74) is 3.54. The molecule has 2 aromatic rings. The lowest BCUT2D eigenvalue weighted by molar-refractivity contribution is 0.341. The van der Waals surface area contributed by atoms with Gasteiger partial charge in [0.25, 0.3) is 0 Å². The second kappa shape index (κ2) is 6.62. The number of anilines is 1. The fourth-order valence-electron chi connectivity index (χ4n) is 1.91. The largest absolute Gasteiger partial charge is 0.492 e. The number of aryl methyl sites for hydroxylation is 1. The molecule has 1 N–H and O–H groups in total. The molecule has 0 aliphatic carbocycles. The Morgan fingerprint density at radius 2 is 1.95 bits per heavy atom. The van der Waals surface area contributed by atoms with Gasteiger partial charge in [-0.2, -0.15) is 0 Å². The van der Waals surface area contributed by atoms with Crippen molar-refractivity contribution < 1.29 is 4.74 Å². The van der Waals surface area contributed by atoms with Crippen molar-refractivity contribution in [3.8, 4) is 5.75 Å². The molecule has 0 heterocycles. The fourth-order valence-corrected chi connectivity index (χ4v) is 2.15. The van der Waals surface area contributed by atoms with Crippen LogP contribution in [0.15, 0.2) is 46.9 Å². The highest BCUT2D eigenvalue weighted by molar-refractivity contribution is 9.10. The maximum absolute atomic E-state index is 5.60. The van der Waals surface area contributed by atoms with Gasteiger partial charge in [-0.05, 0) is 43.2 Å². The second-order valence-corrected chi connectivity index (χ2v) is 5.22. The minimum absolute atomic E-state index is 0.677. The van der Waals surface area contributed by atoms with Crippen molar-refractivity contribution in [1.82, 2.24) is 0 Å². The lowest BCUT2D eigenvalue weighted by Crippen LogP contribution is -2.02. The van der Waals surface area contributed by atoms with Gasteiger partial charge < -0.3 is 10.1 Å². The van der Waals surface area contributed by atoms with Crippen LogP contribution in [0.1, 0.15) is 18.1 Å². The third-order valence-electron chi connectivity index (χ3n) is 2.89. The SMILES string of the molecule is CCOc1ccccc1NCc1ccc(Br)c(C)c1. The normalized spacial score (nSPS) is 10.3. The van der Waals surface area contributed by atoms with E-state index >= 15 is 0 Å². The van der Waals surface area contributed by atoms with Gasteiger partial charge in [0, 0.05) is 11.0 Å². The van der Waals surface area contributed by atoms with Gasteiger partial charge in [0.2, 0.25) is 0 Å². The average Bonchev–Trinajstić information content (AvgIpc) is 2.42. The van der Waals surface area contributed by atoms with Crippen molar-refractivity contribution >= 4 is 21.6 Å².